The standard InChI is InChI=1S/C24H24FN3O6S/c1-34-21-11-8-16(14-20(21)27-35(32,33)17-9-6-15(25)7-10-17)26-22(29)12-13-28-23(30)18-4-2-3-5-19(18)24(28)31/h2-3,6-11,14,18-19,27H,4-5,12-13H2,1H3,(H,26,29)/t18-,19-/m1/s1. The Morgan fingerprint density at radius 1 is 1.06 bits per heavy atom. The molecule has 0 radical (unpaired) electrons. The second-order valence-corrected chi connectivity index (χ2v) is 9.94. The molecule has 184 valence electrons. The highest BCUT2D eigenvalue weighted by atomic mass is 32.2. The molecule has 4 rings (SSSR count). The lowest BCUT2D eigenvalue weighted by atomic mass is 9.85. The molecule has 0 bridgehead atoms. The number of methoxy groups -OCH3 is 1. The molecule has 0 aromatic heterocycles. The molecule has 2 atom stereocenters. The van der Waals surface area contributed by atoms with E-state index < -0.39 is 21.7 Å². The first-order valence-corrected chi connectivity index (χ1v) is 12.4. The molecule has 35 heavy (non-hydrogen) atoms. The Morgan fingerprint density at radius 3 is 2.29 bits per heavy atom. The van der Waals surface area contributed by atoms with Gasteiger partial charge in [-0.15, -0.1) is 0 Å². The molecule has 0 spiro atoms. The minimum atomic E-state index is -4.05. The van der Waals surface area contributed by atoms with Crippen molar-refractivity contribution in [1.29, 1.82) is 0 Å². The van der Waals surface area contributed by atoms with Gasteiger partial charge in [0.25, 0.3) is 10.0 Å². The third kappa shape index (κ3) is 5.19. The number of rotatable bonds is 8. The maximum atomic E-state index is 13.2. The van der Waals surface area contributed by atoms with Crippen molar-refractivity contribution in [3.05, 3.63) is 60.4 Å². The number of hydrogen-bond acceptors (Lipinski definition) is 6. The molecule has 2 aromatic rings. The molecule has 1 heterocycles. The summed E-state index contributed by atoms with van der Waals surface area (Å²) in [5.41, 5.74) is 0.348. The predicted octanol–water partition coefficient (Wildman–Crippen LogP) is 2.91. The van der Waals surface area contributed by atoms with E-state index in [9.17, 15) is 27.2 Å². The molecule has 9 nitrogen and oxygen atoms in total. The summed E-state index contributed by atoms with van der Waals surface area (Å²) >= 11 is 0. The van der Waals surface area contributed by atoms with Crippen LogP contribution in [-0.2, 0) is 24.4 Å². The Bertz CT molecular complexity index is 1270. The number of ether oxygens (including phenoxy) is 1. The van der Waals surface area contributed by atoms with Crippen LogP contribution < -0.4 is 14.8 Å². The number of benzene rings is 2. The number of halogens is 1. The van der Waals surface area contributed by atoms with Crippen LogP contribution in [0.4, 0.5) is 15.8 Å². The lowest BCUT2D eigenvalue weighted by molar-refractivity contribution is -0.140. The van der Waals surface area contributed by atoms with E-state index in [1.54, 1.807) is 0 Å². The van der Waals surface area contributed by atoms with Crippen LogP contribution >= 0.6 is 0 Å². The SMILES string of the molecule is COc1ccc(NC(=O)CCN2C(=O)[C@@H]3CC=CC[C@H]3C2=O)cc1NS(=O)(=O)c1ccc(F)cc1. The van der Waals surface area contributed by atoms with Gasteiger partial charge in [0.15, 0.2) is 0 Å². The smallest absolute Gasteiger partial charge is 0.262 e. The van der Waals surface area contributed by atoms with E-state index in [1.165, 1.54) is 25.3 Å². The quantitative estimate of drug-likeness (QED) is 0.424. The molecule has 1 saturated heterocycles. The summed E-state index contributed by atoms with van der Waals surface area (Å²) in [6.45, 7) is -0.0310. The molecular weight excluding hydrogens is 477 g/mol. The lowest BCUT2D eigenvalue weighted by Crippen LogP contribution is -2.34. The molecule has 1 fully saturated rings. The number of amides is 3. The molecule has 11 heteroatoms. The zero-order chi connectivity index (χ0) is 25.2. The normalized spacial score (nSPS) is 19.4. The molecule has 3 amide bonds. The average Bonchev–Trinajstić information content (AvgIpc) is 3.07. The van der Waals surface area contributed by atoms with Crippen molar-refractivity contribution in [3.63, 3.8) is 0 Å². The highest BCUT2D eigenvalue weighted by Gasteiger charge is 2.46. The number of sulfonamides is 1. The maximum Gasteiger partial charge on any atom is 0.262 e. The molecular formula is C24H24FN3O6S. The van der Waals surface area contributed by atoms with E-state index in [4.69, 9.17) is 4.74 Å². The predicted molar refractivity (Wildman–Crippen MR) is 126 cm³/mol. The van der Waals surface area contributed by atoms with Crippen LogP contribution in [0.5, 0.6) is 5.75 Å². The summed E-state index contributed by atoms with van der Waals surface area (Å²) in [7, 11) is -2.69. The molecule has 0 saturated carbocycles. The zero-order valence-corrected chi connectivity index (χ0v) is 19.7. The van der Waals surface area contributed by atoms with E-state index in [2.05, 4.69) is 10.0 Å². The molecule has 2 N–H and O–H groups in total. The molecule has 0 unspecified atom stereocenters. The van der Waals surface area contributed by atoms with E-state index in [1.807, 2.05) is 12.2 Å². The van der Waals surface area contributed by atoms with Crippen molar-refractivity contribution >= 4 is 39.1 Å². The van der Waals surface area contributed by atoms with Crippen molar-refractivity contribution < 1.29 is 31.9 Å². The molecule has 1 aliphatic carbocycles. The van der Waals surface area contributed by atoms with Crippen LogP contribution in [-0.4, -0.2) is 44.7 Å². The Hall–Kier alpha value is -3.73. The first kappa shape index (κ1) is 24.4. The Morgan fingerprint density at radius 2 is 1.69 bits per heavy atom. The monoisotopic (exact) mass is 501 g/mol. The molecule has 2 aromatic carbocycles. The van der Waals surface area contributed by atoms with Crippen LogP contribution in [0.15, 0.2) is 59.5 Å². The number of carbonyl (C=O) groups is 3. The van der Waals surface area contributed by atoms with Crippen molar-refractivity contribution in [2.75, 3.05) is 23.7 Å². The van der Waals surface area contributed by atoms with E-state index >= 15 is 0 Å². The van der Waals surface area contributed by atoms with Gasteiger partial charge in [0.05, 0.1) is 29.5 Å². The number of anilines is 2. The number of fused-ring (bicyclic) bond motifs is 1. The summed E-state index contributed by atoms with van der Waals surface area (Å²) in [6.07, 6.45) is 4.75. The van der Waals surface area contributed by atoms with Crippen molar-refractivity contribution in [1.82, 2.24) is 4.90 Å². The number of imide groups is 1. The van der Waals surface area contributed by atoms with E-state index in [0.29, 0.717) is 12.8 Å². The highest BCUT2D eigenvalue weighted by molar-refractivity contribution is 7.92. The second-order valence-electron chi connectivity index (χ2n) is 8.26. The van der Waals surface area contributed by atoms with E-state index in [-0.39, 0.29) is 58.6 Å². The third-order valence-corrected chi connectivity index (χ3v) is 7.39. The van der Waals surface area contributed by atoms with Gasteiger partial charge in [0.2, 0.25) is 17.7 Å². The Balaban J connectivity index is 1.42. The zero-order valence-electron chi connectivity index (χ0n) is 18.9. The number of nitrogens with zero attached hydrogens (tertiary/aromatic N) is 1. The topological polar surface area (TPSA) is 122 Å². The third-order valence-electron chi connectivity index (χ3n) is 6.01. The van der Waals surface area contributed by atoms with Gasteiger partial charge < -0.3 is 10.1 Å². The van der Waals surface area contributed by atoms with Crippen molar-refractivity contribution in [2.45, 2.75) is 24.2 Å². The second kappa shape index (κ2) is 9.87. The number of carbonyl (C=O) groups excluding carboxylic acids is 3. The summed E-state index contributed by atoms with van der Waals surface area (Å²) < 4.78 is 46.1. The van der Waals surface area contributed by atoms with Crippen LogP contribution in [0.2, 0.25) is 0 Å². The molecule has 2 aliphatic rings. The Kier molecular flexibility index (Phi) is 6.88. The average molecular weight is 502 g/mol. The molecule has 1 aliphatic heterocycles. The summed E-state index contributed by atoms with van der Waals surface area (Å²) in [4.78, 5) is 38.6. The van der Waals surface area contributed by atoms with Gasteiger partial charge >= 0.3 is 0 Å². The maximum absolute atomic E-state index is 13.2. The summed E-state index contributed by atoms with van der Waals surface area (Å²) in [5.74, 6) is -2.02. The number of likely N-dealkylation sites (tertiary alicyclic amines) is 1. The van der Waals surface area contributed by atoms with Crippen LogP contribution in [0.1, 0.15) is 19.3 Å². The van der Waals surface area contributed by atoms with Gasteiger partial charge in [-0.3, -0.25) is 24.0 Å². The van der Waals surface area contributed by atoms with Crippen LogP contribution in [0.3, 0.4) is 0 Å². The summed E-state index contributed by atoms with van der Waals surface area (Å²) in [5, 5.41) is 2.64. The summed E-state index contributed by atoms with van der Waals surface area (Å²) in [6, 6.07) is 8.70. The number of nitrogens with one attached hydrogen (secondary N) is 2. The number of allylic oxidation sites excluding steroid dienone is 2. The minimum absolute atomic E-state index is 0.0310. The van der Waals surface area contributed by atoms with Crippen molar-refractivity contribution in [2.24, 2.45) is 11.8 Å². The fourth-order valence-corrected chi connectivity index (χ4v) is 5.27. The minimum Gasteiger partial charge on any atom is -0.495 e. The fourth-order valence-electron chi connectivity index (χ4n) is 4.21. The van der Waals surface area contributed by atoms with Crippen LogP contribution in [0, 0.1) is 17.7 Å². The van der Waals surface area contributed by atoms with Gasteiger partial charge in [0.1, 0.15) is 11.6 Å². The van der Waals surface area contributed by atoms with Crippen molar-refractivity contribution in [3.8, 4) is 5.75 Å². The van der Waals surface area contributed by atoms with Gasteiger partial charge in [-0.1, -0.05) is 12.2 Å². The fraction of sp³-hybridized carbons (Fsp3) is 0.292. The number of hydrogen-bond donors (Lipinski definition) is 2. The first-order chi connectivity index (χ1) is 16.7. The largest absolute Gasteiger partial charge is 0.495 e. The van der Waals surface area contributed by atoms with Gasteiger partial charge in [-0.25, -0.2) is 12.8 Å². The van der Waals surface area contributed by atoms with E-state index in [0.717, 1.165) is 29.2 Å². The Labute approximate surface area is 202 Å². The van der Waals surface area contributed by atoms with Gasteiger partial charge in [-0.05, 0) is 55.3 Å². The van der Waals surface area contributed by atoms with Crippen LogP contribution in [0.25, 0.3) is 0 Å². The van der Waals surface area contributed by atoms with Gasteiger partial charge in [0, 0.05) is 18.7 Å². The van der Waals surface area contributed by atoms with Gasteiger partial charge in [-0.2, -0.15) is 0 Å². The first-order valence-electron chi connectivity index (χ1n) is 11.0. The highest BCUT2D eigenvalue weighted by Crippen LogP contribution is 2.35. The lowest BCUT2D eigenvalue weighted by Gasteiger charge is -2.16.